The van der Waals surface area contributed by atoms with Crippen LogP contribution in [-0.4, -0.2) is 41.4 Å². The van der Waals surface area contributed by atoms with E-state index < -0.39 is 22.7 Å². The standard InChI is InChI=1S/C11H14N2O6/c1-3-12(7-10(14)18-4-2)11(15)8-5-6-9(19-8)13(16)17/h5-6H,3-4,7H2,1-2H3. The van der Waals surface area contributed by atoms with Crippen LogP contribution in [0, 0.1) is 10.1 Å². The summed E-state index contributed by atoms with van der Waals surface area (Å²) < 4.78 is 9.52. The van der Waals surface area contributed by atoms with Crippen molar-refractivity contribution in [3.05, 3.63) is 28.0 Å². The quantitative estimate of drug-likeness (QED) is 0.437. The number of nitro groups is 1. The lowest BCUT2D eigenvalue weighted by molar-refractivity contribution is -0.402. The molecule has 1 amide bonds. The monoisotopic (exact) mass is 270 g/mol. The first-order valence-electron chi connectivity index (χ1n) is 5.68. The zero-order valence-corrected chi connectivity index (χ0v) is 10.6. The molecular weight excluding hydrogens is 256 g/mol. The smallest absolute Gasteiger partial charge is 0.433 e. The van der Waals surface area contributed by atoms with Gasteiger partial charge in [-0.15, -0.1) is 0 Å². The molecule has 0 saturated carbocycles. The summed E-state index contributed by atoms with van der Waals surface area (Å²) in [6, 6.07) is 2.29. The van der Waals surface area contributed by atoms with Crippen molar-refractivity contribution in [2.75, 3.05) is 19.7 Å². The Kier molecular flexibility index (Phi) is 5.04. The molecule has 1 heterocycles. The minimum Gasteiger partial charge on any atom is -0.465 e. The highest BCUT2D eigenvalue weighted by atomic mass is 16.6. The van der Waals surface area contributed by atoms with Crippen molar-refractivity contribution in [3.8, 4) is 0 Å². The summed E-state index contributed by atoms with van der Waals surface area (Å²) in [5, 5.41) is 10.5. The number of carbonyl (C=O) groups is 2. The van der Waals surface area contributed by atoms with Gasteiger partial charge in [-0.3, -0.25) is 19.7 Å². The van der Waals surface area contributed by atoms with Crippen molar-refractivity contribution in [2.45, 2.75) is 13.8 Å². The number of carbonyl (C=O) groups excluding carboxylic acids is 2. The van der Waals surface area contributed by atoms with Gasteiger partial charge in [0.1, 0.15) is 11.5 Å². The van der Waals surface area contributed by atoms with Crippen molar-refractivity contribution in [1.29, 1.82) is 0 Å². The number of likely N-dealkylation sites (N-methyl/N-ethyl adjacent to an activating group) is 1. The molecule has 0 atom stereocenters. The van der Waals surface area contributed by atoms with Crippen LogP contribution in [0.4, 0.5) is 5.88 Å². The van der Waals surface area contributed by atoms with Crippen LogP contribution in [0.2, 0.25) is 0 Å². The highest BCUT2D eigenvalue weighted by Crippen LogP contribution is 2.17. The van der Waals surface area contributed by atoms with Gasteiger partial charge >= 0.3 is 11.9 Å². The predicted octanol–water partition coefficient (Wildman–Crippen LogP) is 1.21. The number of hydrogen-bond acceptors (Lipinski definition) is 6. The minimum absolute atomic E-state index is 0.183. The molecule has 0 unspecified atom stereocenters. The SMILES string of the molecule is CCOC(=O)CN(CC)C(=O)c1ccc([N+](=O)[O-])o1. The van der Waals surface area contributed by atoms with Gasteiger partial charge in [-0.1, -0.05) is 0 Å². The Hall–Kier alpha value is -2.38. The van der Waals surface area contributed by atoms with Crippen LogP contribution in [0.25, 0.3) is 0 Å². The Morgan fingerprint density at radius 3 is 2.58 bits per heavy atom. The number of amides is 1. The molecule has 0 aliphatic rings. The minimum atomic E-state index is -0.738. The molecule has 0 radical (unpaired) electrons. The van der Waals surface area contributed by atoms with Gasteiger partial charge in [0.05, 0.1) is 12.7 Å². The fraction of sp³-hybridized carbons (Fsp3) is 0.455. The van der Waals surface area contributed by atoms with Gasteiger partial charge in [-0.25, -0.2) is 0 Å². The lowest BCUT2D eigenvalue weighted by Gasteiger charge is -2.17. The average molecular weight is 270 g/mol. The molecule has 0 saturated heterocycles. The van der Waals surface area contributed by atoms with Crippen LogP contribution in [0.5, 0.6) is 0 Å². The van der Waals surface area contributed by atoms with E-state index in [0.717, 1.165) is 6.07 Å². The second kappa shape index (κ2) is 6.53. The van der Waals surface area contributed by atoms with Crippen molar-refractivity contribution < 1.29 is 23.7 Å². The van der Waals surface area contributed by atoms with Gasteiger partial charge < -0.3 is 14.1 Å². The predicted molar refractivity (Wildman–Crippen MR) is 63.6 cm³/mol. The van der Waals surface area contributed by atoms with Crippen LogP contribution in [0.15, 0.2) is 16.5 Å². The summed E-state index contributed by atoms with van der Waals surface area (Å²) >= 11 is 0. The van der Waals surface area contributed by atoms with Crippen molar-refractivity contribution in [3.63, 3.8) is 0 Å². The molecule has 1 aromatic rings. The van der Waals surface area contributed by atoms with Gasteiger partial charge in [0.2, 0.25) is 0 Å². The third-order valence-corrected chi connectivity index (χ3v) is 2.28. The fourth-order valence-electron chi connectivity index (χ4n) is 1.39. The van der Waals surface area contributed by atoms with E-state index in [4.69, 9.17) is 9.15 Å². The summed E-state index contributed by atoms with van der Waals surface area (Å²) in [6.07, 6.45) is 0. The third kappa shape index (κ3) is 3.80. The van der Waals surface area contributed by atoms with Crippen LogP contribution >= 0.6 is 0 Å². The number of ether oxygens (including phenoxy) is 1. The summed E-state index contributed by atoms with van der Waals surface area (Å²) in [5.74, 6) is -1.84. The summed E-state index contributed by atoms with van der Waals surface area (Å²) in [4.78, 5) is 34.2. The molecule has 1 aromatic heterocycles. The zero-order valence-electron chi connectivity index (χ0n) is 10.6. The molecule has 19 heavy (non-hydrogen) atoms. The van der Waals surface area contributed by atoms with Crippen LogP contribution in [-0.2, 0) is 9.53 Å². The van der Waals surface area contributed by atoms with Crippen molar-refractivity contribution in [2.24, 2.45) is 0 Å². The molecule has 1 rings (SSSR count). The first-order valence-corrected chi connectivity index (χ1v) is 5.68. The van der Waals surface area contributed by atoms with E-state index in [2.05, 4.69) is 0 Å². The van der Waals surface area contributed by atoms with Gasteiger partial charge in [-0.05, 0) is 19.9 Å². The highest BCUT2D eigenvalue weighted by molar-refractivity contribution is 5.93. The van der Waals surface area contributed by atoms with Crippen LogP contribution in [0.1, 0.15) is 24.4 Å². The maximum atomic E-state index is 12.0. The molecule has 0 fully saturated rings. The van der Waals surface area contributed by atoms with E-state index in [1.807, 2.05) is 0 Å². The maximum Gasteiger partial charge on any atom is 0.433 e. The molecule has 0 spiro atoms. The summed E-state index contributed by atoms with van der Waals surface area (Å²) in [7, 11) is 0. The van der Waals surface area contributed by atoms with Crippen LogP contribution in [0.3, 0.4) is 0 Å². The third-order valence-electron chi connectivity index (χ3n) is 2.28. The molecular formula is C11H14N2O6. The molecule has 0 bridgehead atoms. The number of rotatable bonds is 6. The Morgan fingerprint density at radius 2 is 2.11 bits per heavy atom. The number of esters is 1. The van der Waals surface area contributed by atoms with Gasteiger partial charge in [0.15, 0.2) is 5.76 Å². The molecule has 8 heteroatoms. The molecule has 104 valence electrons. The molecule has 0 aliphatic heterocycles. The Balaban J connectivity index is 2.77. The second-order valence-electron chi connectivity index (χ2n) is 3.52. The Bertz CT molecular complexity index is 481. The largest absolute Gasteiger partial charge is 0.465 e. The molecule has 0 aliphatic carbocycles. The number of nitrogens with zero attached hydrogens (tertiary/aromatic N) is 2. The van der Waals surface area contributed by atoms with E-state index in [9.17, 15) is 19.7 Å². The first kappa shape index (κ1) is 14.7. The lowest BCUT2D eigenvalue weighted by Crippen LogP contribution is -2.36. The topological polar surface area (TPSA) is 103 Å². The van der Waals surface area contributed by atoms with E-state index in [1.165, 1.54) is 11.0 Å². The summed E-state index contributed by atoms with van der Waals surface area (Å²) in [5.41, 5.74) is 0. The average Bonchev–Trinajstić information content (AvgIpc) is 2.85. The van der Waals surface area contributed by atoms with E-state index in [0.29, 0.717) is 0 Å². The molecule has 0 aromatic carbocycles. The second-order valence-corrected chi connectivity index (χ2v) is 3.52. The van der Waals surface area contributed by atoms with Gasteiger partial charge in [0, 0.05) is 6.54 Å². The number of hydrogen-bond donors (Lipinski definition) is 0. The highest BCUT2D eigenvalue weighted by Gasteiger charge is 2.23. The number of furan rings is 1. The van der Waals surface area contributed by atoms with Crippen molar-refractivity contribution >= 4 is 17.8 Å². The Morgan fingerprint density at radius 1 is 1.42 bits per heavy atom. The summed E-state index contributed by atoms with van der Waals surface area (Å²) in [6.45, 7) is 3.58. The van der Waals surface area contributed by atoms with Crippen molar-refractivity contribution in [1.82, 2.24) is 4.90 Å². The first-order chi connectivity index (χ1) is 8.99. The molecule has 0 N–H and O–H groups in total. The fourth-order valence-corrected chi connectivity index (χ4v) is 1.39. The normalized spacial score (nSPS) is 10.0. The van der Waals surface area contributed by atoms with E-state index >= 15 is 0 Å². The van der Waals surface area contributed by atoms with E-state index in [1.54, 1.807) is 13.8 Å². The van der Waals surface area contributed by atoms with E-state index in [-0.39, 0.29) is 25.5 Å². The van der Waals surface area contributed by atoms with Gasteiger partial charge in [0.25, 0.3) is 5.91 Å². The van der Waals surface area contributed by atoms with Crippen LogP contribution < -0.4 is 0 Å². The molecule has 8 nitrogen and oxygen atoms in total. The lowest BCUT2D eigenvalue weighted by atomic mass is 10.3. The Labute approximate surface area is 109 Å². The zero-order chi connectivity index (χ0) is 14.4. The maximum absolute atomic E-state index is 12.0. The van der Waals surface area contributed by atoms with Gasteiger partial charge in [-0.2, -0.15) is 0 Å².